The molecule has 0 saturated carbocycles. The first-order valence-electron chi connectivity index (χ1n) is 9.60. The zero-order chi connectivity index (χ0) is 20.5. The predicted octanol–water partition coefficient (Wildman–Crippen LogP) is 3.76. The van der Waals surface area contributed by atoms with Crippen molar-refractivity contribution in [2.45, 2.75) is 33.7 Å². The van der Waals surface area contributed by atoms with Crippen LogP contribution in [0.15, 0.2) is 56.6 Å². The summed E-state index contributed by atoms with van der Waals surface area (Å²) in [4.78, 5) is 32.4. The van der Waals surface area contributed by atoms with Crippen molar-refractivity contribution in [3.63, 3.8) is 0 Å². The molecule has 2 heterocycles. The number of H-pyrrole nitrogens is 1. The zero-order valence-electron chi connectivity index (χ0n) is 16.6. The number of fused-ring (bicyclic) bond motifs is 1. The predicted molar refractivity (Wildman–Crippen MR) is 112 cm³/mol. The monoisotopic (exact) mass is 390 g/mol. The fourth-order valence-corrected chi connectivity index (χ4v) is 3.22. The summed E-state index contributed by atoms with van der Waals surface area (Å²) in [5.74, 6) is 1.22. The van der Waals surface area contributed by atoms with E-state index < -0.39 is 5.69 Å². The molecule has 7 nitrogen and oxygen atoms in total. The van der Waals surface area contributed by atoms with Crippen molar-refractivity contribution >= 4 is 10.9 Å². The molecule has 0 radical (unpaired) electrons. The number of hydrogen-bond acceptors (Lipinski definition) is 5. The van der Waals surface area contributed by atoms with E-state index in [2.05, 4.69) is 29.0 Å². The molecule has 0 aliphatic carbocycles. The third-order valence-electron chi connectivity index (χ3n) is 4.86. The van der Waals surface area contributed by atoms with Gasteiger partial charge in [-0.2, -0.15) is 4.98 Å². The summed E-state index contributed by atoms with van der Waals surface area (Å²) in [7, 11) is 0. The van der Waals surface area contributed by atoms with E-state index in [1.165, 1.54) is 4.57 Å². The summed E-state index contributed by atoms with van der Waals surface area (Å²) in [6.07, 6.45) is 0.760. The molecule has 0 unspecified atom stereocenters. The molecular formula is C22H22N4O3. The van der Waals surface area contributed by atoms with Crippen molar-refractivity contribution in [1.29, 1.82) is 0 Å². The zero-order valence-corrected chi connectivity index (χ0v) is 16.6. The maximum atomic E-state index is 12.7. The molecule has 0 atom stereocenters. The van der Waals surface area contributed by atoms with Crippen molar-refractivity contribution in [3.8, 4) is 22.8 Å². The fraction of sp³-hybridized carbons (Fsp3) is 0.273. The second-order valence-electron chi connectivity index (χ2n) is 7.62. The third-order valence-corrected chi connectivity index (χ3v) is 4.86. The minimum Gasteiger partial charge on any atom is -0.334 e. The number of aryl methyl sites for hydroxylation is 1. The lowest BCUT2D eigenvalue weighted by Gasteiger charge is -2.08. The van der Waals surface area contributed by atoms with Crippen LogP contribution in [0.1, 0.15) is 25.8 Å². The van der Waals surface area contributed by atoms with E-state index in [4.69, 9.17) is 4.52 Å². The highest BCUT2D eigenvalue weighted by Gasteiger charge is 2.14. The van der Waals surface area contributed by atoms with Crippen molar-refractivity contribution in [3.05, 3.63) is 68.9 Å². The Morgan fingerprint density at radius 1 is 1.10 bits per heavy atom. The summed E-state index contributed by atoms with van der Waals surface area (Å²) in [5, 5.41) is 4.50. The Morgan fingerprint density at radius 3 is 2.69 bits per heavy atom. The second kappa shape index (κ2) is 7.50. The third kappa shape index (κ3) is 3.76. The van der Waals surface area contributed by atoms with E-state index in [0.717, 1.165) is 17.5 Å². The lowest BCUT2D eigenvalue weighted by Crippen LogP contribution is -2.35. The number of nitrogens with one attached hydrogen (secondary N) is 1. The molecule has 4 rings (SSSR count). The van der Waals surface area contributed by atoms with Gasteiger partial charge in [0.05, 0.1) is 10.9 Å². The largest absolute Gasteiger partial charge is 0.334 e. The minimum atomic E-state index is -0.411. The van der Waals surface area contributed by atoms with Gasteiger partial charge in [-0.25, -0.2) is 4.79 Å². The normalized spacial score (nSPS) is 11.4. The highest BCUT2D eigenvalue weighted by atomic mass is 16.5. The lowest BCUT2D eigenvalue weighted by molar-refractivity contribution is 0.432. The highest BCUT2D eigenvalue weighted by Crippen LogP contribution is 2.24. The summed E-state index contributed by atoms with van der Waals surface area (Å²) >= 11 is 0. The molecule has 0 fully saturated rings. The van der Waals surface area contributed by atoms with Crippen LogP contribution < -0.4 is 11.2 Å². The van der Waals surface area contributed by atoms with Gasteiger partial charge in [-0.1, -0.05) is 42.8 Å². The van der Waals surface area contributed by atoms with Crippen LogP contribution in [0.5, 0.6) is 0 Å². The summed E-state index contributed by atoms with van der Waals surface area (Å²) < 4.78 is 6.66. The van der Waals surface area contributed by atoms with Gasteiger partial charge in [0.15, 0.2) is 0 Å². The smallest absolute Gasteiger partial charge is 0.328 e. The lowest BCUT2D eigenvalue weighted by atomic mass is 10.1. The number of benzene rings is 2. The number of aromatic nitrogens is 4. The van der Waals surface area contributed by atoms with Gasteiger partial charge in [0.2, 0.25) is 5.82 Å². The van der Waals surface area contributed by atoms with E-state index >= 15 is 0 Å². The molecule has 2 aromatic heterocycles. The Kier molecular flexibility index (Phi) is 4.88. The average Bonchev–Trinajstić information content (AvgIpc) is 3.17. The fourth-order valence-electron chi connectivity index (χ4n) is 3.22. The van der Waals surface area contributed by atoms with Crippen molar-refractivity contribution in [1.82, 2.24) is 19.7 Å². The quantitative estimate of drug-likeness (QED) is 0.560. The molecular weight excluding hydrogens is 368 g/mol. The molecule has 0 aliphatic rings. The van der Waals surface area contributed by atoms with Crippen LogP contribution in [0.4, 0.5) is 0 Å². The molecule has 2 aromatic carbocycles. The Hall–Kier alpha value is -3.48. The van der Waals surface area contributed by atoms with Gasteiger partial charge in [0.25, 0.3) is 11.4 Å². The van der Waals surface area contributed by atoms with Gasteiger partial charge in [0.1, 0.15) is 0 Å². The van der Waals surface area contributed by atoms with Gasteiger partial charge in [-0.3, -0.25) is 9.36 Å². The Bertz CT molecular complexity index is 1300. The molecule has 1 N–H and O–H groups in total. The van der Waals surface area contributed by atoms with E-state index in [1.807, 2.05) is 31.2 Å². The summed E-state index contributed by atoms with van der Waals surface area (Å²) in [6, 6.07) is 13.0. The van der Waals surface area contributed by atoms with Crippen LogP contribution >= 0.6 is 0 Å². The van der Waals surface area contributed by atoms with E-state index in [9.17, 15) is 9.59 Å². The number of nitrogens with zero attached hydrogens (tertiary/aromatic N) is 3. The van der Waals surface area contributed by atoms with Crippen molar-refractivity contribution in [2.24, 2.45) is 5.92 Å². The average molecular weight is 390 g/mol. The second-order valence-corrected chi connectivity index (χ2v) is 7.62. The Morgan fingerprint density at radius 2 is 1.93 bits per heavy atom. The van der Waals surface area contributed by atoms with Crippen LogP contribution in [0.3, 0.4) is 0 Å². The summed E-state index contributed by atoms with van der Waals surface area (Å²) in [5.41, 5.74) is 2.36. The molecule has 0 spiro atoms. The number of aromatic amines is 1. The maximum Gasteiger partial charge on any atom is 0.328 e. The SMILES string of the molecule is Cc1cccc(-c2noc(-c3ccc4c(=O)n(CCC(C)C)c(=O)[nH]c4c3)n2)c1. The molecule has 7 heteroatoms. The van der Waals surface area contributed by atoms with Crippen LogP contribution in [0, 0.1) is 12.8 Å². The van der Waals surface area contributed by atoms with E-state index in [-0.39, 0.29) is 5.56 Å². The molecule has 0 amide bonds. The van der Waals surface area contributed by atoms with Gasteiger partial charge < -0.3 is 9.51 Å². The Labute approximate surface area is 167 Å². The highest BCUT2D eigenvalue weighted by molar-refractivity contribution is 5.82. The van der Waals surface area contributed by atoms with Gasteiger partial charge in [-0.15, -0.1) is 0 Å². The van der Waals surface area contributed by atoms with Gasteiger partial charge >= 0.3 is 5.69 Å². The van der Waals surface area contributed by atoms with Crippen LogP contribution in [0.2, 0.25) is 0 Å². The molecule has 148 valence electrons. The van der Waals surface area contributed by atoms with Crippen molar-refractivity contribution in [2.75, 3.05) is 0 Å². The van der Waals surface area contributed by atoms with Crippen LogP contribution in [-0.2, 0) is 6.54 Å². The molecule has 0 aliphatic heterocycles. The molecule has 0 bridgehead atoms. The molecule has 29 heavy (non-hydrogen) atoms. The number of hydrogen-bond donors (Lipinski definition) is 1. The number of rotatable bonds is 5. The molecule has 4 aromatic rings. The first kappa shape index (κ1) is 18.9. The molecule has 0 saturated heterocycles. The summed E-state index contributed by atoms with van der Waals surface area (Å²) in [6.45, 7) is 6.51. The topological polar surface area (TPSA) is 93.8 Å². The van der Waals surface area contributed by atoms with Gasteiger partial charge in [0, 0.05) is 17.7 Å². The first-order chi connectivity index (χ1) is 13.9. The first-order valence-corrected chi connectivity index (χ1v) is 9.60. The van der Waals surface area contributed by atoms with E-state index in [0.29, 0.717) is 40.6 Å². The van der Waals surface area contributed by atoms with E-state index in [1.54, 1.807) is 18.2 Å². The maximum absolute atomic E-state index is 12.7. The van der Waals surface area contributed by atoms with Crippen LogP contribution in [0.25, 0.3) is 33.7 Å². The van der Waals surface area contributed by atoms with Crippen LogP contribution in [-0.4, -0.2) is 19.7 Å². The van der Waals surface area contributed by atoms with Gasteiger partial charge in [-0.05, 0) is 43.5 Å². The minimum absolute atomic E-state index is 0.290. The Balaban J connectivity index is 1.72. The van der Waals surface area contributed by atoms with Crippen molar-refractivity contribution < 1.29 is 4.52 Å². The standard InChI is InChI=1S/C22H22N4O3/c1-13(2)9-10-26-21(27)17-8-7-16(12-18(17)23-22(26)28)20-24-19(25-29-20)15-6-4-5-14(3)11-15/h4-8,11-13H,9-10H2,1-3H3,(H,23,28).